The first kappa shape index (κ1) is 17.7. The Hall–Kier alpha value is -1.36. The average Bonchev–Trinajstić information content (AvgIpc) is 2.36. The Morgan fingerprint density at radius 1 is 1.14 bits per heavy atom. The molecule has 0 aromatic carbocycles. The Morgan fingerprint density at radius 3 is 2.24 bits per heavy atom. The quantitative estimate of drug-likeness (QED) is 0.687. The highest BCUT2D eigenvalue weighted by atomic mass is 16.3. The van der Waals surface area contributed by atoms with Crippen molar-refractivity contribution in [3.05, 3.63) is 11.4 Å². The Morgan fingerprint density at radius 2 is 1.71 bits per heavy atom. The maximum absolute atomic E-state index is 10.4. The van der Waals surface area contributed by atoms with Crippen LogP contribution in [-0.2, 0) is 0 Å². The summed E-state index contributed by atoms with van der Waals surface area (Å²) in [5, 5.41) is 17.0. The fraction of sp³-hybridized carbons (Fsp3) is 0.750. The van der Waals surface area contributed by atoms with Crippen molar-refractivity contribution in [1.82, 2.24) is 9.97 Å². The number of hydrogen-bond acceptors (Lipinski definition) is 5. The number of hydrogen-bond donors (Lipinski definition) is 3. The first-order valence-electron chi connectivity index (χ1n) is 7.80. The smallest absolute Gasteiger partial charge is 0.134 e. The number of nitrogens with zero attached hydrogens (tertiary/aromatic N) is 2. The van der Waals surface area contributed by atoms with Crippen LogP contribution in [0.3, 0.4) is 0 Å². The summed E-state index contributed by atoms with van der Waals surface area (Å²) < 4.78 is 0. The number of anilines is 2. The molecule has 0 amide bonds. The molecule has 1 rings (SSSR count). The monoisotopic (exact) mass is 294 g/mol. The Labute approximate surface area is 128 Å². The van der Waals surface area contributed by atoms with E-state index in [2.05, 4.69) is 41.4 Å². The predicted molar refractivity (Wildman–Crippen MR) is 88.9 cm³/mol. The van der Waals surface area contributed by atoms with Crippen LogP contribution in [0.25, 0.3) is 0 Å². The largest absolute Gasteiger partial charge is 0.388 e. The van der Waals surface area contributed by atoms with Gasteiger partial charge in [0.05, 0.1) is 5.60 Å². The second-order valence-electron chi connectivity index (χ2n) is 6.47. The summed E-state index contributed by atoms with van der Waals surface area (Å²) in [7, 11) is 0. The van der Waals surface area contributed by atoms with Crippen molar-refractivity contribution in [3.63, 3.8) is 0 Å². The van der Waals surface area contributed by atoms with Gasteiger partial charge in [-0.2, -0.15) is 0 Å². The van der Waals surface area contributed by atoms with E-state index in [-0.39, 0.29) is 0 Å². The van der Waals surface area contributed by atoms with Gasteiger partial charge in [-0.05, 0) is 39.5 Å². The van der Waals surface area contributed by atoms with E-state index in [1.165, 1.54) is 0 Å². The van der Waals surface area contributed by atoms with E-state index in [0.717, 1.165) is 42.4 Å². The fourth-order valence-electron chi connectivity index (χ4n) is 2.44. The molecule has 1 aromatic heterocycles. The zero-order valence-corrected chi connectivity index (χ0v) is 14.2. The maximum atomic E-state index is 10.4. The molecule has 0 saturated carbocycles. The number of aliphatic hydroxyl groups is 1. The predicted octanol–water partition coefficient (Wildman–Crippen LogP) is 3.12. The molecule has 1 aromatic rings. The van der Waals surface area contributed by atoms with Crippen LogP contribution in [-0.4, -0.2) is 33.8 Å². The van der Waals surface area contributed by atoms with Crippen molar-refractivity contribution in [2.45, 2.75) is 60.0 Å². The third-order valence-corrected chi connectivity index (χ3v) is 3.28. The molecule has 0 saturated heterocycles. The summed E-state index contributed by atoms with van der Waals surface area (Å²) in [6, 6.07) is 0. The average molecular weight is 294 g/mol. The molecular weight excluding hydrogens is 264 g/mol. The van der Waals surface area contributed by atoms with Gasteiger partial charge in [-0.15, -0.1) is 0 Å². The van der Waals surface area contributed by atoms with Crippen LogP contribution in [0.15, 0.2) is 0 Å². The Bertz CT molecular complexity index is 458. The van der Waals surface area contributed by atoms with Gasteiger partial charge in [0.1, 0.15) is 17.5 Å². The van der Waals surface area contributed by atoms with Gasteiger partial charge in [-0.3, -0.25) is 0 Å². The van der Waals surface area contributed by atoms with Gasteiger partial charge < -0.3 is 15.7 Å². The number of rotatable bonds is 8. The summed E-state index contributed by atoms with van der Waals surface area (Å²) in [6.45, 7) is 13.5. The summed E-state index contributed by atoms with van der Waals surface area (Å²) in [5.74, 6) is 2.85. The zero-order valence-electron chi connectivity index (χ0n) is 14.2. The molecule has 0 fully saturated rings. The summed E-state index contributed by atoms with van der Waals surface area (Å²) in [6.07, 6.45) is 1.80. The van der Waals surface area contributed by atoms with E-state index in [0.29, 0.717) is 12.5 Å². The van der Waals surface area contributed by atoms with E-state index in [9.17, 15) is 5.11 Å². The minimum atomic E-state index is -0.740. The molecule has 120 valence electrons. The lowest BCUT2D eigenvalue weighted by molar-refractivity contribution is 0.0514. The molecule has 0 bridgehead atoms. The van der Waals surface area contributed by atoms with Crippen LogP contribution in [0, 0.1) is 19.8 Å². The number of aryl methyl sites for hydroxylation is 1. The van der Waals surface area contributed by atoms with Crippen LogP contribution >= 0.6 is 0 Å². The van der Waals surface area contributed by atoms with Crippen molar-refractivity contribution in [1.29, 1.82) is 0 Å². The fourth-order valence-corrected chi connectivity index (χ4v) is 2.44. The molecule has 0 aliphatic rings. The van der Waals surface area contributed by atoms with Crippen molar-refractivity contribution in [3.8, 4) is 0 Å². The van der Waals surface area contributed by atoms with Gasteiger partial charge in [-0.1, -0.05) is 20.8 Å². The lowest BCUT2D eigenvalue weighted by Crippen LogP contribution is -2.35. The molecule has 0 spiro atoms. The lowest BCUT2D eigenvalue weighted by atomic mass is 9.94. The van der Waals surface area contributed by atoms with E-state index < -0.39 is 5.60 Å². The first-order chi connectivity index (χ1) is 9.75. The molecule has 1 heterocycles. The van der Waals surface area contributed by atoms with Crippen molar-refractivity contribution in [2.24, 2.45) is 5.92 Å². The molecule has 0 aliphatic heterocycles. The van der Waals surface area contributed by atoms with Crippen LogP contribution in [0.2, 0.25) is 0 Å². The van der Waals surface area contributed by atoms with E-state index in [4.69, 9.17) is 0 Å². The zero-order chi connectivity index (χ0) is 16.0. The SMILES string of the molecule is CCCNc1nc(C)nc(NCC(C)(O)CC(C)C)c1C. The summed E-state index contributed by atoms with van der Waals surface area (Å²) in [4.78, 5) is 8.89. The van der Waals surface area contributed by atoms with Gasteiger partial charge in [0.15, 0.2) is 0 Å². The lowest BCUT2D eigenvalue weighted by Gasteiger charge is -2.26. The molecule has 0 aliphatic carbocycles. The second-order valence-corrected chi connectivity index (χ2v) is 6.47. The highest BCUT2D eigenvalue weighted by Crippen LogP contribution is 2.22. The third-order valence-electron chi connectivity index (χ3n) is 3.28. The molecule has 3 N–H and O–H groups in total. The minimum absolute atomic E-state index is 0.455. The van der Waals surface area contributed by atoms with E-state index >= 15 is 0 Å². The normalized spacial score (nSPS) is 14.1. The van der Waals surface area contributed by atoms with E-state index in [1.807, 2.05) is 20.8 Å². The molecular formula is C16H30N4O. The van der Waals surface area contributed by atoms with E-state index in [1.54, 1.807) is 0 Å². The van der Waals surface area contributed by atoms with Crippen molar-refractivity contribution < 1.29 is 5.11 Å². The maximum Gasteiger partial charge on any atom is 0.134 e. The van der Waals surface area contributed by atoms with Crippen molar-refractivity contribution >= 4 is 11.6 Å². The van der Waals surface area contributed by atoms with Crippen LogP contribution in [0.5, 0.6) is 0 Å². The highest BCUT2D eigenvalue weighted by Gasteiger charge is 2.22. The van der Waals surface area contributed by atoms with Crippen LogP contribution < -0.4 is 10.6 Å². The summed E-state index contributed by atoms with van der Waals surface area (Å²) >= 11 is 0. The van der Waals surface area contributed by atoms with Gasteiger partial charge in [0.2, 0.25) is 0 Å². The molecule has 1 unspecified atom stereocenters. The van der Waals surface area contributed by atoms with Crippen molar-refractivity contribution in [2.75, 3.05) is 23.7 Å². The summed E-state index contributed by atoms with van der Waals surface area (Å²) in [5.41, 5.74) is 0.255. The van der Waals surface area contributed by atoms with Crippen LogP contribution in [0.1, 0.15) is 51.9 Å². The Balaban J connectivity index is 2.81. The molecule has 0 radical (unpaired) electrons. The third kappa shape index (κ3) is 5.87. The second kappa shape index (κ2) is 7.59. The highest BCUT2D eigenvalue weighted by molar-refractivity contribution is 5.57. The molecule has 5 nitrogen and oxygen atoms in total. The molecule has 21 heavy (non-hydrogen) atoms. The van der Waals surface area contributed by atoms with Gasteiger partial charge in [-0.25, -0.2) is 9.97 Å². The molecule has 1 atom stereocenters. The topological polar surface area (TPSA) is 70.1 Å². The Kier molecular flexibility index (Phi) is 6.40. The van der Waals surface area contributed by atoms with Gasteiger partial charge in [0, 0.05) is 18.7 Å². The standard InChI is InChI=1S/C16H30N4O/c1-7-8-17-14-12(4)15(20-13(5)19-14)18-10-16(6,21)9-11(2)3/h11,21H,7-10H2,1-6H3,(H2,17,18,19,20). The molecule has 5 heteroatoms. The van der Waals surface area contributed by atoms with Gasteiger partial charge >= 0.3 is 0 Å². The number of nitrogens with one attached hydrogen (secondary N) is 2. The first-order valence-corrected chi connectivity index (χ1v) is 7.80. The van der Waals surface area contributed by atoms with Crippen LogP contribution in [0.4, 0.5) is 11.6 Å². The number of aromatic nitrogens is 2. The van der Waals surface area contributed by atoms with Gasteiger partial charge in [0.25, 0.3) is 0 Å². The minimum Gasteiger partial charge on any atom is -0.388 e.